The number of nitrogens with one attached hydrogen (secondary N) is 1. The van der Waals surface area contributed by atoms with Gasteiger partial charge in [0.15, 0.2) is 0 Å². The molecule has 0 bridgehead atoms. The van der Waals surface area contributed by atoms with Crippen LogP contribution in [0, 0.1) is 11.8 Å². The molecule has 2 unspecified atom stereocenters. The van der Waals surface area contributed by atoms with Crippen LogP contribution in [0.2, 0.25) is 0 Å². The van der Waals surface area contributed by atoms with Crippen LogP contribution >= 0.6 is 11.8 Å². The summed E-state index contributed by atoms with van der Waals surface area (Å²) in [4.78, 5) is 25.6. The predicted molar refractivity (Wildman–Crippen MR) is 75.5 cm³/mol. The third kappa shape index (κ3) is 4.52. The Morgan fingerprint density at radius 1 is 1.39 bits per heavy atom. The fraction of sp³-hybridized carbons (Fsp3) is 0.846. The van der Waals surface area contributed by atoms with Crippen LogP contribution in [0.3, 0.4) is 0 Å². The lowest BCUT2D eigenvalue weighted by Crippen LogP contribution is -2.59. The lowest BCUT2D eigenvalue weighted by Gasteiger charge is -2.34. The number of hydrogen-bond acceptors (Lipinski definition) is 3. The van der Waals surface area contributed by atoms with Gasteiger partial charge in [0, 0.05) is 6.54 Å². The first kappa shape index (κ1) is 15.3. The summed E-state index contributed by atoms with van der Waals surface area (Å²) in [5.74, 6) is 1.89. The van der Waals surface area contributed by atoms with Crippen LogP contribution in [0.5, 0.6) is 0 Å². The second-order valence-corrected chi connectivity index (χ2v) is 6.44. The Labute approximate surface area is 114 Å². The molecular formula is C13H24N2O2S. The molecule has 18 heavy (non-hydrogen) atoms. The van der Waals surface area contributed by atoms with Crippen molar-refractivity contribution < 1.29 is 9.59 Å². The summed E-state index contributed by atoms with van der Waals surface area (Å²) in [6.45, 7) is 7.14. The van der Waals surface area contributed by atoms with Crippen molar-refractivity contribution in [3.8, 4) is 0 Å². The van der Waals surface area contributed by atoms with Crippen molar-refractivity contribution in [3.63, 3.8) is 0 Å². The van der Waals surface area contributed by atoms with Gasteiger partial charge in [-0.3, -0.25) is 9.59 Å². The fourth-order valence-electron chi connectivity index (χ4n) is 2.27. The van der Waals surface area contributed by atoms with Crippen LogP contribution in [0.15, 0.2) is 0 Å². The normalized spacial score (nSPS) is 22.3. The SMILES string of the molecule is CSCC(C)CN1CC(=O)NC(CC(C)C)C1=O. The predicted octanol–water partition coefficient (Wildman–Crippen LogP) is 1.36. The van der Waals surface area contributed by atoms with Crippen molar-refractivity contribution in [3.05, 3.63) is 0 Å². The summed E-state index contributed by atoms with van der Waals surface area (Å²) in [6, 6.07) is -0.326. The Morgan fingerprint density at radius 3 is 2.61 bits per heavy atom. The smallest absolute Gasteiger partial charge is 0.245 e. The largest absolute Gasteiger partial charge is 0.343 e. The highest BCUT2D eigenvalue weighted by Crippen LogP contribution is 2.14. The van der Waals surface area contributed by atoms with E-state index < -0.39 is 0 Å². The molecule has 4 nitrogen and oxygen atoms in total. The summed E-state index contributed by atoms with van der Waals surface area (Å²) in [6.07, 6.45) is 2.78. The number of carbonyl (C=O) groups is 2. The van der Waals surface area contributed by atoms with Crippen LogP contribution in [0.25, 0.3) is 0 Å². The Kier molecular flexibility index (Phi) is 5.99. The summed E-state index contributed by atoms with van der Waals surface area (Å²) in [5.41, 5.74) is 0. The highest BCUT2D eigenvalue weighted by molar-refractivity contribution is 7.98. The zero-order valence-electron chi connectivity index (χ0n) is 11.7. The molecule has 1 fully saturated rings. The van der Waals surface area contributed by atoms with E-state index in [2.05, 4.69) is 32.3 Å². The Morgan fingerprint density at radius 2 is 2.06 bits per heavy atom. The minimum absolute atomic E-state index is 0.0309. The number of hydrogen-bond donors (Lipinski definition) is 1. The molecule has 0 aliphatic carbocycles. The Bertz CT molecular complexity index is 307. The number of piperazine rings is 1. The molecule has 1 heterocycles. The minimum atomic E-state index is -0.326. The lowest BCUT2D eigenvalue weighted by atomic mass is 10.0. The van der Waals surface area contributed by atoms with E-state index in [1.54, 1.807) is 16.7 Å². The highest BCUT2D eigenvalue weighted by atomic mass is 32.2. The van der Waals surface area contributed by atoms with E-state index in [1.165, 1.54) is 0 Å². The summed E-state index contributed by atoms with van der Waals surface area (Å²) >= 11 is 1.77. The van der Waals surface area contributed by atoms with Crippen molar-refractivity contribution in [1.82, 2.24) is 10.2 Å². The third-order valence-corrected chi connectivity index (χ3v) is 3.87. The zero-order chi connectivity index (χ0) is 13.7. The van der Waals surface area contributed by atoms with E-state index in [4.69, 9.17) is 0 Å². The number of amides is 2. The lowest BCUT2D eigenvalue weighted by molar-refractivity contribution is -0.145. The molecule has 0 radical (unpaired) electrons. The second kappa shape index (κ2) is 7.02. The molecule has 1 aliphatic heterocycles. The summed E-state index contributed by atoms with van der Waals surface area (Å²) in [5, 5.41) is 2.80. The van der Waals surface area contributed by atoms with Gasteiger partial charge >= 0.3 is 0 Å². The van der Waals surface area contributed by atoms with E-state index in [0.29, 0.717) is 18.4 Å². The van der Waals surface area contributed by atoms with Crippen LogP contribution in [0.1, 0.15) is 27.2 Å². The summed E-state index contributed by atoms with van der Waals surface area (Å²) < 4.78 is 0. The quantitative estimate of drug-likeness (QED) is 0.794. The van der Waals surface area contributed by atoms with Gasteiger partial charge in [0.25, 0.3) is 0 Å². The maximum absolute atomic E-state index is 12.3. The second-order valence-electron chi connectivity index (χ2n) is 5.53. The van der Waals surface area contributed by atoms with Crippen molar-refractivity contribution in [2.75, 3.05) is 25.1 Å². The molecule has 0 spiro atoms. The van der Waals surface area contributed by atoms with Crippen LogP contribution in [0.4, 0.5) is 0 Å². The fourth-order valence-corrected chi connectivity index (χ4v) is 2.95. The van der Waals surface area contributed by atoms with Gasteiger partial charge in [-0.1, -0.05) is 20.8 Å². The zero-order valence-corrected chi connectivity index (χ0v) is 12.5. The number of nitrogens with zero attached hydrogens (tertiary/aromatic N) is 1. The number of rotatable bonds is 6. The van der Waals surface area contributed by atoms with Crippen molar-refractivity contribution in [2.45, 2.75) is 33.2 Å². The highest BCUT2D eigenvalue weighted by Gasteiger charge is 2.33. The van der Waals surface area contributed by atoms with Crippen molar-refractivity contribution in [2.24, 2.45) is 11.8 Å². The molecule has 104 valence electrons. The maximum atomic E-state index is 12.3. The molecule has 1 N–H and O–H groups in total. The standard InChI is InChI=1S/C13H24N2O2S/c1-9(2)5-11-13(17)15(7-12(16)14-11)6-10(3)8-18-4/h9-11H,5-8H2,1-4H3,(H,14,16). The van der Waals surface area contributed by atoms with Gasteiger partial charge in [-0.15, -0.1) is 0 Å². The Hall–Kier alpha value is -0.710. The van der Waals surface area contributed by atoms with Crippen LogP contribution < -0.4 is 5.32 Å². The minimum Gasteiger partial charge on any atom is -0.343 e. The first-order valence-electron chi connectivity index (χ1n) is 6.51. The third-order valence-electron chi connectivity index (χ3n) is 2.97. The average Bonchev–Trinajstić information content (AvgIpc) is 2.24. The molecule has 1 aliphatic rings. The van der Waals surface area contributed by atoms with Gasteiger partial charge in [-0.05, 0) is 30.3 Å². The average molecular weight is 272 g/mol. The van der Waals surface area contributed by atoms with Gasteiger partial charge < -0.3 is 10.2 Å². The molecule has 0 aromatic heterocycles. The van der Waals surface area contributed by atoms with E-state index in [1.807, 2.05) is 0 Å². The molecule has 1 rings (SSSR count). The number of thioether (sulfide) groups is 1. The Balaban J connectivity index is 2.61. The van der Waals surface area contributed by atoms with Gasteiger partial charge in [0.2, 0.25) is 11.8 Å². The van der Waals surface area contributed by atoms with Crippen LogP contribution in [-0.4, -0.2) is 47.9 Å². The van der Waals surface area contributed by atoms with Gasteiger partial charge in [-0.2, -0.15) is 11.8 Å². The molecule has 2 amide bonds. The van der Waals surface area contributed by atoms with E-state index in [0.717, 1.165) is 12.2 Å². The topological polar surface area (TPSA) is 49.4 Å². The van der Waals surface area contributed by atoms with Gasteiger partial charge in [0.05, 0.1) is 6.54 Å². The molecule has 0 aromatic rings. The molecule has 1 saturated heterocycles. The van der Waals surface area contributed by atoms with Crippen molar-refractivity contribution in [1.29, 1.82) is 0 Å². The molecular weight excluding hydrogens is 248 g/mol. The van der Waals surface area contributed by atoms with Crippen LogP contribution in [-0.2, 0) is 9.59 Å². The van der Waals surface area contributed by atoms with Crippen molar-refractivity contribution >= 4 is 23.6 Å². The maximum Gasteiger partial charge on any atom is 0.245 e. The van der Waals surface area contributed by atoms with Gasteiger partial charge in [-0.25, -0.2) is 0 Å². The number of carbonyl (C=O) groups excluding carboxylic acids is 2. The monoisotopic (exact) mass is 272 g/mol. The summed E-state index contributed by atoms with van der Waals surface area (Å²) in [7, 11) is 0. The molecule has 0 aromatic carbocycles. The first-order chi connectivity index (χ1) is 8.43. The van der Waals surface area contributed by atoms with Gasteiger partial charge in [0.1, 0.15) is 6.04 Å². The first-order valence-corrected chi connectivity index (χ1v) is 7.90. The van der Waals surface area contributed by atoms with E-state index in [-0.39, 0.29) is 24.4 Å². The molecule has 5 heteroatoms. The van der Waals surface area contributed by atoms with E-state index >= 15 is 0 Å². The molecule has 0 saturated carbocycles. The van der Waals surface area contributed by atoms with E-state index in [9.17, 15) is 9.59 Å². The molecule has 2 atom stereocenters.